The first-order valence-electron chi connectivity index (χ1n) is 8.14. The molecule has 0 radical (unpaired) electrons. The number of benzene rings is 2. The molecule has 1 heterocycles. The third-order valence-electron chi connectivity index (χ3n) is 3.64. The Bertz CT molecular complexity index is 908. The highest BCUT2D eigenvalue weighted by Gasteiger charge is 2.10. The van der Waals surface area contributed by atoms with Gasteiger partial charge in [0.15, 0.2) is 18.1 Å². The average molecular weight is 366 g/mol. The zero-order chi connectivity index (χ0) is 19.1. The molecule has 0 aliphatic rings. The van der Waals surface area contributed by atoms with E-state index in [2.05, 4.69) is 22.1 Å². The zero-order valence-electron chi connectivity index (χ0n) is 14.7. The van der Waals surface area contributed by atoms with E-state index in [1.165, 1.54) is 11.0 Å². The molecule has 3 rings (SSSR count). The molecule has 0 aliphatic carbocycles. The van der Waals surface area contributed by atoms with Crippen molar-refractivity contribution in [1.29, 1.82) is 0 Å². The molecule has 8 nitrogen and oxygen atoms in total. The number of tetrazole rings is 1. The van der Waals surface area contributed by atoms with Crippen molar-refractivity contribution in [1.82, 2.24) is 20.2 Å². The topological polar surface area (TPSA) is 88.4 Å². The highest BCUT2D eigenvalue weighted by Crippen LogP contribution is 2.28. The van der Waals surface area contributed by atoms with Crippen LogP contribution < -0.4 is 14.2 Å². The molecular formula is C19H18N4O4. The summed E-state index contributed by atoms with van der Waals surface area (Å²) in [6, 6.07) is 12.3. The van der Waals surface area contributed by atoms with Crippen LogP contribution in [0, 0.1) is 0 Å². The van der Waals surface area contributed by atoms with Gasteiger partial charge in [-0.05, 0) is 58.8 Å². The summed E-state index contributed by atoms with van der Waals surface area (Å²) in [5, 5.41) is 10.9. The molecule has 2 aromatic carbocycles. The van der Waals surface area contributed by atoms with Crippen molar-refractivity contribution >= 4 is 5.97 Å². The van der Waals surface area contributed by atoms with Crippen LogP contribution >= 0.6 is 0 Å². The van der Waals surface area contributed by atoms with Crippen molar-refractivity contribution in [2.24, 2.45) is 0 Å². The van der Waals surface area contributed by atoms with Crippen molar-refractivity contribution in [3.63, 3.8) is 0 Å². The molecule has 0 spiro atoms. The lowest BCUT2D eigenvalue weighted by molar-refractivity contribution is -0.136. The highest BCUT2D eigenvalue weighted by molar-refractivity contribution is 5.74. The Morgan fingerprint density at radius 1 is 1.19 bits per heavy atom. The standard InChI is InChI=1S/C19H18N4O4/c1-3-4-14-5-10-17(18(11-14)25-2)26-12-19(24)27-16-8-6-15(7-9-16)23-13-20-21-22-23/h3,5-11,13H,1,4,12H2,2H3. The van der Waals surface area contributed by atoms with Gasteiger partial charge in [-0.1, -0.05) is 12.1 Å². The summed E-state index contributed by atoms with van der Waals surface area (Å²) >= 11 is 0. The molecule has 138 valence electrons. The number of hydrogen-bond donors (Lipinski definition) is 0. The van der Waals surface area contributed by atoms with Crippen LogP contribution in [-0.4, -0.2) is 39.9 Å². The van der Waals surface area contributed by atoms with E-state index in [1.54, 1.807) is 43.5 Å². The molecule has 0 atom stereocenters. The molecule has 0 unspecified atom stereocenters. The minimum absolute atomic E-state index is 0.244. The maximum Gasteiger partial charge on any atom is 0.349 e. The van der Waals surface area contributed by atoms with E-state index in [0.717, 1.165) is 17.7 Å². The van der Waals surface area contributed by atoms with Gasteiger partial charge in [0.25, 0.3) is 0 Å². The smallest absolute Gasteiger partial charge is 0.349 e. The lowest BCUT2D eigenvalue weighted by atomic mass is 10.1. The molecule has 0 N–H and O–H groups in total. The number of methoxy groups -OCH3 is 1. The van der Waals surface area contributed by atoms with Crippen LogP contribution in [-0.2, 0) is 11.2 Å². The second-order valence-corrected chi connectivity index (χ2v) is 5.49. The summed E-state index contributed by atoms with van der Waals surface area (Å²) in [6.07, 6.45) is 4.00. The van der Waals surface area contributed by atoms with Crippen LogP contribution in [0.15, 0.2) is 61.4 Å². The average Bonchev–Trinajstić information content (AvgIpc) is 3.22. The third kappa shape index (κ3) is 4.69. The monoisotopic (exact) mass is 366 g/mol. The van der Waals surface area contributed by atoms with Gasteiger partial charge in [-0.3, -0.25) is 0 Å². The Kier molecular flexibility index (Phi) is 5.78. The van der Waals surface area contributed by atoms with E-state index in [9.17, 15) is 4.79 Å². The first kappa shape index (κ1) is 18.1. The van der Waals surface area contributed by atoms with Crippen molar-refractivity contribution in [3.05, 3.63) is 67.0 Å². The number of aromatic nitrogens is 4. The quantitative estimate of drug-likeness (QED) is 0.343. The fourth-order valence-corrected chi connectivity index (χ4v) is 2.37. The molecule has 8 heteroatoms. The van der Waals surface area contributed by atoms with Gasteiger partial charge in [0.05, 0.1) is 12.8 Å². The maximum atomic E-state index is 12.0. The van der Waals surface area contributed by atoms with E-state index >= 15 is 0 Å². The summed E-state index contributed by atoms with van der Waals surface area (Å²) in [5.41, 5.74) is 1.79. The predicted octanol–water partition coefficient (Wildman–Crippen LogP) is 2.38. The zero-order valence-corrected chi connectivity index (χ0v) is 14.7. The van der Waals surface area contributed by atoms with E-state index in [1.807, 2.05) is 12.1 Å². The Morgan fingerprint density at radius 3 is 2.67 bits per heavy atom. The van der Waals surface area contributed by atoms with Gasteiger partial charge in [-0.2, -0.15) is 0 Å². The highest BCUT2D eigenvalue weighted by atomic mass is 16.6. The summed E-state index contributed by atoms with van der Waals surface area (Å²) in [5.74, 6) is 0.889. The maximum absolute atomic E-state index is 12.0. The summed E-state index contributed by atoms with van der Waals surface area (Å²) in [4.78, 5) is 12.0. The van der Waals surface area contributed by atoms with Gasteiger partial charge in [-0.25, -0.2) is 9.48 Å². The number of rotatable bonds is 8. The Hall–Kier alpha value is -3.68. The summed E-state index contributed by atoms with van der Waals surface area (Å²) in [7, 11) is 1.55. The molecule has 0 bridgehead atoms. The van der Waals surface area contributed by atoms with Crippen LogP contribution in [0.4, 0.5) is 0 Å². The largest absolute Gasteiger partial charge is 0.493 e. The normalized spacial score (nSPS) is 10.3. The van der Waals surface area contributed by atoms with E-state index < -0.39 is 5.97 Å². The van der Waals surface area contributed by atoms with E-state index in [-0.39, 0.29) is 6.61 Å². The Balaban J connectivity index is 1.57. The van der Waals surface area contributed by atoms with Gasteiger partial charge >= 0.3 is 5.97 Å². The molecule has 1 aromatic heterocycles. The number of nitrogens with zero attached hydrogens (tertiary/aromatic N) is 4. The first-order valence-corrected chi connectivity index (χ1v) is 8.14. The number of hydrogen-bond acceptors (Lipinski definition) is 7. The number of carbonyl (C=O) groups excluding carboxylic acids is 1. The van der Waals surface area contributed by atoms with Gasteiger partial charge in [0, 0.05) is 0 Å². The van der Waals surface area contributed by atoms with Crippen molar-refractivity contribution < 1.29 is 19.0 Å². The SMILES string of the molecule is C=CCc1ccc(OCC(=O)Oc2ccc(-n3cnnn3)cc2)c(OC)c1. The van der Waals surface area contributed by atoms with Crippen LogP contribution in [0.3, 0.4) is 0 Å². The second-order valence-electron chi connectivity index (χ2n) is 5.49. The molecule has 0 aliphatic heterocycles. The molecule has 0 saturated carbocycles. The fourth-order valence-electron chi connectivity index (χ4n) is 2.37. The van der Waals surface area contributed by atoms with Gasteiger partial charge < -0.3 is 14.2 Å². The minimum Gasteiger partial charge on any atom is -0.493 e. The summed E-state index contributed by atoms with van der Waals surface area (Å²) in [6.45, 7) is 3.46. The van der Waals surface area contributed by atoms with Crippen molar-refractivity contribution in [2.75, 3.05) is 13.7 Å². The van der Waals surface area contributed by atoms with Crippen LogP contribution in [0.5, 0.6) is 17.2 Å². The Labute approximate surface area is 156 Å². The third-order valence-corrected chi connectivity index (χ3v) is 3.64. The van der Waals surface area contributed by atoms with Crippen LogP contribution in [0.25, 0.3) is 5.69 Å². The Morgan fingerprint density at radius 2 is 2.00 bits per heavy atom. The van der Waals surface area contributed by atoms with E-state index in [0.29, 0.717) is 17.2 Å². The lowest BCUT2D eigenvalue weighted by Gasteiger charge is -2.11. The molecule has 3 aromatic rings. The predicted molar refractivity (Wildman–Crippen MR) is 97.2 cm³/mol. The van der Waals surface area contributed by atoms with Gasteiger partial charge in [0.2, 0.25) is 0 Å². The van der Waals surface area contributed by atoms with Crippen LogP contribution in [0.2, 0.25) is 0 Å². The molecule has 27 heavy (non-hydrogen) atoms. The summed E-state index contributed by atoms with van der Waals surface area (Å²) < 4.78 is 17.6. The number of esters is 1. The first-order chi connectivity index (χ1) is 13.2. The number of ether oxygens (including phenoxy) is 3. The number of allylic oxidation sites excluding steroid dienone is 1. The van der Waals surface area contributed by atoms with Crippen molar-refractivity contribution in [2.45, 2.75) is 6.42 Å². The van der Waals surface area contributed by atoms with Crippen LogP contribution in [0.1, 0.15) is 5.56 Å². The van der Waals surface area contributed by atoms with Crippen molar-refractivity contribution in [3.8, 4) is 22.9 Å². The molecule has 0 amide bonds. The van der Waals surface area contributed by atoms with Gasteiger partial charge in [-0.15, -0.1) is 11.7 Å². The second kappa shape index (κ2) is 8.61. The molecule has 0 fully saturated rings. The van der Waals surface area contributed by atoms with Gasteiger partial charge in [0.1, 0.15) is 12.1 Å². The fraction of sp³-hybridized carbons (Fsp3) is 0.158. The minimum atomic E-state index is -0.526. The number of carbonyl (C=O) groups is 1. The molecule has 0 saturated heterocycles. The van der Waals surface area contributed by atoms with E-state index in [4.69, 9.17) is 14.2 Å². The lowest BCUT2D eigenvalue weighted by Crippen LogP contribution is -2.18. The molecular weight excluding hydrogens is 348 g/mol.